The molecule has 0 unspecified atom stereocenters. The number of aryl methyl sites for hydroxylation is 1. The second-order valence-corrected chi connectivity index (χ2v) is 9.40. The van der Waals surface area contributed by atoms with Gasteiger partial charge in [-0.1, -0.05) is 0 Å². The minimum Gasteiger partial charge on any atom is -0.331 e. The highest BCUT2D eigenvalue weighted by Gasteiger charge is 2.44. The number of carbonyl (C=O) groups excluding carboxylic acids is 2. The molecule has 0 saturated carbocycles. The Bertz CT molecular complexity index is 937. The average molecular weight is 429 g/mol. The van der Waals surface area contributed by atoms with Gasteiger partial charge in [0.05, 0.1) is 5.54 Å². The summed E-state index contributed by atoms with van der Waals surface area (Å²) in [5.41, 5.74) is 1.93. The van der Waals surface area contributed by atoms with Gasteiger partial charge >= 0.3 is 6.03 Å². The third kappa shape index (κ3) is 4.46. The molecule has 8 nitrogen and oxygen atoms in total. The molecule has 2 aromatic heterocycles. The minimum atomic E-state index is -0.148. The van der Waals surface area contributed by atoms with E-state index in [2.05, 4.69) is 32.4 Å². The number of aromatic nitrogens is 2. The summed E-state index contributed by atoms with van der Waals surface area (Å²) in [4.78, 5) is 37.8. The molecule has 1 spiro atoms. The summed E-state index contributed by atoms with van der Waals surface area (Å²) in [5.74, 6) is -0.105. The summed E-state index contributed by atoms with van der Waals surface area (Å²) in [7, 11) is 0. The van der Waals surface area contributed by atoms with Crippen LogP contribution in [0.15, 0.2) is 24.5 Å². The molecule has 2 aliphatic rings. The maximum atomic E-state index is 12.6. The third-order valence-corrected chi connectivity index (χ3v) is 7.09. The lowest BCUT2D eigenvalue weighted by molar-refractivity contribution is -0.114. The number of nitrogens with zero attached hydrogens (tertiary/aromatic N) is 4. The van der Waals surface area contributed by atoms with Crippen LogP contribution in [0, 0.1) is 6.92 Å². The molecule has 3 amide bonds. The smallest absolute Gasteiger partial charge is 0.318 e. The molecule has 4 rings (SSSR count). The third-order valence-electron chi connectivity index (χ3n) is 6.01. The predicted octanol–water partition coefficient (Wildman–Crippen LogP) is 2.93. The number of carbonyl (C=O) groups is 2. The van der Waals surface area contributed by atoms with Crippen LogP contribution in [0.5, 0.6) is 0 Å². The number of likely N-dealkylation sites (tertiary alicyclic amines) is 1. The SMILES string of the molecule is CC(=O)Nc1ncc([C@@H](C)N2CCC3(CC2)CN(Cc2ccnc(C)c2)C(=O)N3)s1. The zero-order valence-electron chi connectivity index (χ0n) is 17.6. The molecule has 4 heterocycles. The maximum Gasteiger partial charge on any atom is 0.318 e. The molecule has 30 heavy (non-hydrogen) atoms. The molecule has 160 valence electrons. The van der Waals surface area contributed by atoms with Gasteiger partial charge in [-0.15, -0.1) is 11.3 Å². The summed E-state index contributed by atoms with van der Waals surface area (Å²) >= 11 is 1.52. The number of pyridine rings is 1. The van der Waals surface area contributed by atoms with Gasteiger partial charge in [-0.2, -0.15) is 0 Å². The van der Waals surface area contributed by atoms with Crippen molar-refractivity contribution in [2.75, 3.05) is 25.0 Å². The Hall–Kier alpha value is -2.52. The number of nitrogens with one attached hydrogen (secondary N) is 2. The van der Waals surface area contributed by atoms with Gasteiger partial charge in [-0.3, -0.25) is 14.7 Å². The molecule has 0 aromatic carbocycles. The van der Waals surface area contributed by atoms with Crippen LogP contribution in [0.3, 0.4) is 0 Å². The van der Waals surface area contributed by atoms with E-state index in [-0.39, 0.29) is 23.5 Å². The monoisotopic (exact) mass is 428 g/mol. The standard InChI is InChI=1S/C21H28N6O2S/c1-14-10-17(4-7-22-14)12-27-13-21(25-20(27)29)5-8-26(9-6-21)15(2)18-11-23-19(30-18)24-16(3)28/h4,7,10-11,15H,5-6,8-9,12-13H2,1-3H3,(H,25,29)(H,23,24,28)/t15-/m1/s1. The summed E-state index contributed by atoms with van der Waals surface area (Å²) in [6.45, 7) is 8.81. The Morgan fingerprint density at radius 1 is 1.37 bits per heavy atom. The van der Waals surface area contributed by atoms with Crippen LogP contribution in [0.4, 0.5) is 9.93 Å². The van der Waals surface area contributed by atoms with Crippen LogP contribution in [0.2, 0.25) is 0 Å². The summed E-state index contributed by atoms with van der Waals surface area (Å²) in [6.07, 6.45) is 5.49. The first-order valence-electron chi connectivity index (χ1n) is 10.3. The van der Waals surface area contributed by atoms with Crippen molar-refractivity contribution in [3.63, 3.8) is 0 Å². The van der Waals surface area contributed by atoms with Crippen molar-refractivity contribution in [3.05, 3.63) is 40.7 Å². The van der Waals surface area contributed by atoms with E-state index in [9.17, 15) is 9.59 Å². The van der Waals surface area contributed by atoms with Gasteiger partial charge in [0.1, 0.15) is 0 Å². The van der Waals surface area contributed by atoms with Gasteiger partial charge in [0.25, 0.3) is 0 Å². The van der Waals surface area contributed by atoms with Crippen LogP contribution in [0.25, 0.3) is 0 Å². The van der Waals surface area contributed by atoms with E-state index in [0.717, 1.165) is 48.6 Å². The van der Waals surface area contributed by atoms with Gasteiger partial charge < -0.3 is 15.5 Å². The van der Waals surface area contributed by atoms with Gasteiger partial charge in [0, 0.05) is 62.1 Å². The number of piperidine rings is 1. The molecular weight excluding hydrogens is 400 g/mol. The van der Waals surface area contributed by atoms with Crippen molar-refractivity contribution in [1.29, 1.82) is 0 Å². The fourth-order valence-electron chi connectivity index (χ4n) is 4.32. The molecule has 0 aliphatic carbocycles. The van der Waals surface area contributed by atoms with Crippen LogP contribution >= 0.6 is 11.3 Å². The van der Waals surface area contributed by atoms with Crippen molar-refractivity contribution >= 4 is 28.4 Å². The highest BCUT2D eigenvalue weighted by atomic mass is 32.1. The molecular formula is C21H28N6O2S. The topological polar surface area (TPSA) is 90.5 Å². The highest BCUT2D eigenvalue weighted by molar-refractivity contribution is 7.15. The fourth-order valence-corrected chi connectivity index (χ4v) is 5.27. The Labute approximate surface area is 180 Å². The van der Waals surface area contributed by atoms with Crippen LogP contribution in [-0.2, 0) is 11.3 Å². The first-order chi connectivity index (χ1) is 14.3. The Balaban J connectivity index is 1.35. The normalized spacial score (nSPS) is 19.7. The number of thiazole rings is 1. The van der Waals surface area contributed by atoms with Crippen molar-refractivity contribution in [2.45, 2.75) is 51.7 Å². The lowest BCUT2D eigenvalue weighted by Crippen LogP contribution is -2.52. The number of anilines is 1. The molecule has 2 N–H and O–H groups in total. The lowest BCUT2D eigenvalue weighted by Gasteiger charge is -2.41. The molecule has 1 atom stereocenters. The van der Waals surface area contributed by atoms with Crippen LogP contribution < -0.4 is 10.6 Å². The van der Waals surface area contributed by atoms with Crippen LogP contribution in [-0.4, -0.2) is 56.9 Å². The molecule has 2 saturated heterocycles. The van der Waals surface area contributed by atoms with Gasteiger partial charge in [0.15, 0.2) is 5.13 Å². The van der Waals surface area contributed by atoms with E-state index in [1.54, 1.807) is 6.20 Å². The number of amides is 3. The predicted molar refractivity (Wildman–Crippen MR) is 116 cm³/mol. The molecule has 2 aromatic rings. The summed E-state index contributed by atoms with van der Waals surface area (Å²) in [5, 5.41) is 6.66. The van der Waals surface area contributed by atoms with Gasteiger partial charge in [-0.05, 0) is 44.4 Å². The van der Waals surface area contributed by atoms with Crippen molar-refractivity contribution < 1.29 is 9.59 Å². The molecule has 2 fully saturated rings. The zero-order chi connectivity index (χ0) is 21.3. The number of hydrogen-bond acceptors (Lipinski definition) is 6. The minimum absolute atomic E-state index is 0.0216. The van der Waals surface area contributed by atoms with Crippen molar-refractivity contribution in [3.8, 4) is 0 Å². The van der Waals surface area contributed by atoms with Crippen molar-refractivity contribution in [2.24, 2.45) is 0 Å². The largest absolute Gasteiger partial charge is 0.331 e. The van der Waals surface area contributed by atoms with Gasteiger partial charge in [0.2, 0.25) is 5.91 Å². The highest BCUT2D eigenvalue weighted by Crippen LogP contribution is 2.35. The quantitative estimate of drug-likeness (QED) is 0.764. The van der Waals surface area contributed by atoms with E-state index in [0.29, 0.717) is 11.7 Å². The Kier molecular flexibility index (Phi) is 5.75. The average Bonchev–Trinajstić information content (AvgIpc) is 3.26. The Morgan fingerprint density at radius 3 is 2.83 bits per heavy atom. The molecule has 9 heteroatoms. The van der Waals surface area contributed by atoms with Crippen LogP contribution in [0.1, 0.15) is 48.9 Å². The van der Waals surface area contributed by atoms with Crippen molar-refractivity contribution in [1.82, 2.24) is 25.1 Å². The van der Waals surface area contributed by atoms with E-state index >= 15 is 0 Å². The van der Waals surface area contributed by atoms with E-state index in [4.69, 9.17) is 0 Å². The van der Waals surface area contributed by atoms with Gasteiger partial charge in [-0.25, -0.2) is 9.78 Å². The second kappa shape index (κ2) is 8.31. The number of rotatable bonds is 5. The number of hydrogen-bond donors (Lipinski definition) is 2. The maximum absolute atomic E-state index is 12.6. The second-order valence-electron chi connectivity index (χ2n) is 8.33. The number of urea groups is 1. The summed E-state index contributed by atoms with van der Waals surface area (Å²) in [6, 6.07) is 4.26. The van der Waals surface area contributed by atoms with E-state index in [1.165, 1.54) is 18.3 Å². The fraction of sp³-hybridized carbons (Fsp3) is 0.524. The first kappa shape index (κ1) is 20.7. The molecule has 0 radical (unpaired) electrons. The lowest BCUT2D eigenvalue weighted by atomic mass is 9.87. The Morgan fingerprint density at radius 2 is 2.13 bits per heavy atom. The summed E-state index contributed by atoms with van der Waals surface area (Å²) < 4.78 is 0. The molecule has 0 bridgehead atoms. The zero-order valence-corrected chi connectivity index (χ0v) is 18.5. The molecule has 2 aliphatic heterocycles. The van der Waals surface area contributed by atoms with E-state index in [1.807, 2.05) is 30.2 Å². The first-order valence-corrected chi connectivity index (χ1v) is 11.1. The van der Waals surface area contributed by atoms with E-state index < -0.39 is 0 Å².